The van der Waals surface area contributed by atoms with Crippen LogP contribution in [0.1, 0.15) is 57.2 Å². The highest BCUT2D eigenvalue weighted by molar-refractivity contribution is 5.81. The number of hydrogen-bond donors (Lipinski definition) is 1. The highest BCUT2D eigenvalue weighted by atomic mass is 19.1. The van der Waals surface area contributed by atoms with Gasteiger partial charge in [-0.05, 0) is 50.3 Å². The van der Waals surface area contributed by atoms with Gasteiger partial charge in [0, 0.05) is 29.6 Å². The summed E-state index contributed by atoms with van der Waals surface area (Å²) in [5.74, 6) is 0.426. The summed E-state index contributed by atoms with van der Waals surface area (Å²) >= 11 is 0. The number of benzene rings is 2. The first-order chi connectivity index (χ1) is 14.9. The van der Waals surface area contributed by atoms with E-state index in [1.807, 2.05) is 49.4 Å². The van der Waals surface area contributed by atoms with E-state index in [-0.39, 0.29) is 11.7 Å². The predicted molar refractivity (Wildman–Crippen MR) is 122 cm³/mol. The van der Waals surface area contributed by atoms with Crippen LogP contribution in [0.25, 0.3) is 11.1 Å². The van der Waals surface area contributed by atoms with Crippen LogP contribution in [0.15, 0.2) is 64.1 Å². The van der Waals surface area contributed by atoms with E-state index in [0.717, 1.165) is 24.0 Å². The van der Waals surface area contributed by atoms with Gasteiger partial charge >= 0.3 is 0 Å². The zero-order chi connectivity index (χ0) is 22.0. The van der Waals surface area contributed by atoms with Crippen molar-refractivity contribution in [2.24, 2.45) is 10.7 Å². The van der Waals surface area contributed by atoms with Gasteiger partial charge in [-0.1, -0.05) is 54.5 Å². The molecule has 1 aliphatic heterocycles. The minimum absolute atomic E-state index is 0.138. The third-order valence-electron chi connectivity index (χ3n) is 6.22. The third-order valence-corrected chi connectivity index (χ3v) is 6.22. The molecule has 4 rings (SSSR count). The van der Waals surface area contributed by atoms with Crippen molar-refractivity contribution in [2.45, 2.75) is 58.0 Å². The van der Waals surface area contributed by atoms with E-state index in [0.29, 0.717) is 35.2 Å². The van der Waals surface area contributed by atoms with E-state index >= 15 is 0 Å². The minimum Gasteiger partial charge on any atom is -0.369 e. The van der Waals surface area contributed by atoms with E-state index in [2.05, 4.69) is 28.9 Å². The van der Waals surface area contributed by atoms with Crippen molar-refractivity contribution in [3.63, 3.8) is 0 Å². The molecule has 1 fully saturated rings. The molecule has 1 saturated heterocycles. The maximum absolute atomic E-state index is 14.8. The SMILES string of the molecule is CC(c1ccc(-c2ccccc2)c(F)c1)c1cc(/N=C(\N)N2C(C)CCCC2C)on1. The van der Waals surface area contributed by atoms with E-state index in [1.54, 1.807) is 12.1 Å². The highest BCUT2D eigenvalue weighted by Crippen LogP contribution is 2.31. The van der Waals surface area contributed by atoms with Crippen molar-refractivity contribution in [2.75, 3.05) is 0 Å². The molecule has 0 aliphatic carbocycles. The van der Waals surface area contributed by atoms with E-state index in [4.69, 9.17) is 10.3 Å². The Balaban J connectivity index is 1.53. The largest absolute Gasteiger partial charge is 0.369 e. The highest BCUT2D eigenvalue weighted by Gasteiger charge is 2.26. The summed E-state index contributed by atoms with van der Waals surface area (Å²) in [5, 5.41) is 4.16. The van der Waals surface area contributed by atoms with Gasteiger partial charge in [0.05, 0.1) is 5.69 Å². The molecule has 0 saturated carbocycles. The number of likely N-dealkylation sites (tertiary alicyclic amines) is 1. The molecule has 162 valence electrons. The molecule has 2 N–H and O–H groups in total. The standard InChI is InChI=1S/C25H29FN4O/c1-16-8-7-9-17(2)30(16)25(27)28-24-15-23(29-31-24)18(3)20-12-13-21(22(26)14-20)19-10-5-4-6-11-19/h4-6,10-18H,7-9H2,1-3H3,(H2,27,28). The maximum atomic E-state index is 14.8. The number of nitrogens with two attached hydrogens (primary N) is 1. The van der Waals surface area contributed by atoms with Crippen LogP contribution in [-0.2, 0) is 0 Å². The number of hydrogen-bond acceptors (Lipinski definition) is 3. The fraction of sp³-hybridized carbons (Fsp3) is 0.360. The molecule has 3 aromatic rings. The Morgan fingerprint density at radius 2 is 1.84 bits per heavy atom. The van der Waals surface area contributed by atoms with Crippen molar-refractivity contribution >= 4 is 11.8 Å². The second-order valence-electron chi connectivity index (χ2n) is 8.42. The number of nitrogens with zero attached hydrogens (tertiary/aromatic N) is 3. The Bertz CT molecular complexity index is 1050. The third kappa shape index (κ3) is 4.48. The first kappa shape index (κ1) is 21.1. The molecule has 2 aromatic carbocycles. The molecular weight excluding hydrogens is 391 g/mol. The zero-order valence-corrected chi connectivity index (χ0v) is 18.3. The number of aromatic nitrogens is 1. The van der Waals surface area contributed by atoms with Gasteiger partial charge in [-0.2, -0.15) is 4.99 Å². The van der Waals surface area contributed by atoms with E-state index in [9.17, 15) is 4.39 Å². The van der Waals surface area contributed by atoms with Crippen LogP contribution in [0.5, 0.6) is 0 Å². The first-order valence-electron chi connectivity index (χ1n) is 10.9. The average Bonchev–Trinajstić information content (AvgIpc) is 3.22. The van der Waals surface area contributed by atoms with Crippen molar-refractivity contribution in [3.05, 3.63) is 71.7 Å². The number of piperidine rings is 1. The van der Waals surface area contributed by atoms with Crippen molar-refractivity contribution in [1.82, 2.24) is 10.1 Å². The summed E-state index contributed by atoms with van der Waals surface area (Å²) in [5.41, 5.74) is 9.25. The Kier molecular flexibility index (Phi) is 6.07. The lowest BCUT2D eigenvalue weighted by molar-refractivity contribution is 0.189. The smallest absolute Gasteiger partial charge is 0.253 e. The molecular formula is C25H29FN4O. The fourth-order valence-corrected chi connectivity index (χ4v) is 4.40. The Morgan fingerprint density at radius 1 is 1.13 bits per heavy atom. The molecule has 6 heteroatoms. The molecule has 3 atom stereocenters. The summed E-state index contributed by atoms with van der Waals surface area (Å²) in [4.78, 5) is 6.61. The Hall–Kier alpha value is -3.15. The molecule has 0 amide bonds. The van der Waals surface area contributed by atoms with Gasteiger partial charge in [0.25, 0.3) is 5.88 Å². The van der Waals surface area contributed by atoms with Crippen molar-refractivity contribution in [3.8, 4) is 11.1 Å². The molecule has 2 heterocycles. The molecule has 1 aliphatic rings. The van der Waals surface area contributed by atoms with Gasteiger partial charge < -0.3 is 15.2 Å². The number of halogens is 1. The second-order valence-corrected chi connectivity index (χ2v) is 8.42. The summed E-state index contributed by atoms with van der Waals surface area (Å²) < 4.78 is 20.2. The zero-order valence-electron chi connectivity index (χ0n) is 18.3. The summed E-state index contributed by atoms with van der Waals surface area (Å²) in [6.45, 7) is 6.31. The van der Waals surface area contributed by atoms with Crippen LogP contribution in [-0.4, -0.2) is 28.1 Å². The molecule has 0 bridgehead atoms. The van der Waals surface area contributed by atoms with Gasteiger partial charge in [0.2, 0.25) is 0 Å². The minimum atomic E-state index is -0.255. The summed E-state index contributed by atoms with van der Waals surface area (Å²) in [6, 6.07) is 17.3. The average molecular weight is 421 g/mol. The Morgan fingerprint density at radius 3 is 2.52 bits per heavy atom. The summed E-state index contributed by atoms with van der Waals surface area (Å²) in [6.07, 6.45) is 3.41. The van der Waals surface area contributed by atoms with Crippen LogP contribution >= 0.6 is 0 Å². The van der Waals surface area contributed by atoms with Gasteiger partial charge in [-0.25, -0.2) is 4.39 Å². The van der Waals surface area contributed by atoms with Crippen LogP contribution in [0, 0.1) is 5.82 Å². The van der Waals surface area contributed by atoms with Gasteiger partial charge in [0.15, 0.2) is 5.96 Å². The normalized spacial score (nSPS) is 20.6. The van der Waals surface area contributed by atoms with E-state index in [1.165, 1.54) is 6.42 Å². The molecule has 5 nitrogen and oxygen atoms in total. The monoisotopic (exact) mass is 420 g/mol. The van der Waals surface area contributed by atoms with E-state index < -0.39 is 0 Å². The summed E-state index contributed by atoms with van der Waals surface area (Å²) in [7, 11) is 0. The fourth-order valence-electron chi connectivity index (χ4n) is 4.40. The quantitative estimate of drug-likeness (QED) is 0.425. The van der Waals surface area contributed by atoms with Crippen LogP contribution in [0.4, 0.5) is 10.3 Å². The van der Waals surface area contributed by atoms with Gasteiger partial charge in [0.1, 0.15) is 5.82 Å². The maximum Gasteiger partial charge on any atom is 0.253 e. The number of aliphatic imine (C=N–C) groups is 1. The van der Waals surface area contributed by atoms with Gasteiger partial charge in [-0.3, -0.25) is 0 Å². The topological polar surface area (TPSA) is 67.7 Å². The second kappa shape index (κ2) is 8.92. The van der Waals surface area contributed by atoms with Crippen LogP contribution in [0.2, 0.25) is 0 Å². The number of guanidine groups is 1. The lowest BCUT2D eigenvalue weighted by atomic mass is 9.95. The van der Waals surface area contributed by atoms with Crippen LogP contribution < -0.4 is 5.73 Å². The van der Waals surface area contributed by atoms with Crippen molar-refractivity contribution in [1.29, 1.82) is 0 Å². The predicted octanol–water partition coefficient (Wildman–Crippen LogP) is 5.84. The molecule has 0 spiro atoms. The first-order valence-corrected chi connectivity index (χ1v) is 10.9. The number of rotatable bonds is 4. The van der Waals surface area contributed by atoms with Gasteiger partial charge in [-0.15, -0.1) is 0 Å². The molecule has 31 heavy (non-hydrogen) atoms. The van der Waals surface area contributed by atoms with Crippen LogP contribution in [0.3, 0.4) is 0 Å². The molecule has 0 radical (unpaired) electrons. The Labute approximate surface area is 182 Å². The van der Waals surface area contributed by atoms with Crippen molar-refractivity contribution < 1.29 is 8.91 Å². The molecule has 1 aromatic heterocycles. The lowest BCUT2D eigenvalue weighted by Gasteiger charge is -2.39. The molecule has 3 unspecified atom stereocenters. The lowest BCUT2D eigenvalue weighted by Crippen LogP contribution is -2.50.